The summed E-state index contributed by atoms with van der Waals surface area (Å²) in [5.74, 6) is 1.02. The fourth-order valence-electron chi connectivity index (χ4n) is 3.06. The average molecular weight is 276 g/mol. The van der Waals surface area contributed by atoms with Crippen LogP contribution in [0.5, 0.6) is 5.75 Å². The third-order valence-electron chi connectivity index (χ3n) is 4.19. The van der Waals surface area contributed by atoms with Gasteiger partial charge in [0.25, 0.3) is 0 Å². The Labute approximate surface area is 123 Å². The summed E-state index contributed by atoms with van der Waals surface area (Å²) in [6.45, 7) is 8.68. The van der Waals surface area contributed by atoms with E-state index in [0.29, 0.717) is 6.04 Å². The first-order valence-electron chi connectivity index (χ1n) is 7.83. The quantitative estimate of drug-likeness (QED) is 0.864. The van der Waals surface area contributed by atoms with Crippen molar-refractivity contribution in [3.8, 4) is 5.75 Å². The highest BCUT2D eigenvalue weighted by atomic mass is 16.5. The second kappa shape index (κ2) is 7.65. The fourth-order valence-corrected chi connectivity index (χ4v) is 3.06. The van der Waals surface area contributed by atoms with Crippen molar-refractivity contribution in [2.24, 2.45) is 0 Å². The Morgan fingerprint density at radius 3 is 2.95 bits per heavy atom. The molecule has 1 aliphatic rings. The molecule has 0 radical (unpaired) electrons. The van der Waals surface area contributed by atoms with Crippen molar-refractivity contribution in [1.29, 1.82) is 0 Å². The minimum atomic E-state index is 0.661. The van der Waals surface area contributed by atoms with Gasteiger partial charge in [0.05, 0.1) is 7.11 Å². The molecule has 1 aromatic rings. The first kappa shape index (κ1) is 15.3. The van der Waals surface area contributed by atoms with Crippen LogP contribution in [0.2, 0.25) is 0 Å². The Morgan fingerprint density at radius 2 is 2.20 bits per heavy atom. The second-order valence-electron chi connectivity index (χ2n) is 5.74. The van der Waals surface area contributed by atoms with Crippen LogP contribution in [0.3, 0.4) is 0 Å². The minimum Gasteiger partial charge on any atom is -0.496 e. The van der Waals surface area contributed by atoms with Crippen LogP contribution in [0.25, 0.3) is 0 Å². The maximum absolute atomic E-state index is 5.52. The number of likely N-dealkylation sites (N-methyl/N-ethyl adjacent to an activating group) is 1. The van der Waals surface area contributed by atoms with Crippen LogP contribution in [0.1, 0.15) is 37.3 Å². The van der Waals surface area contributed by atoms with Gasteiger partial charge in [0.1, 0.15) is 5.75 Å². The first-order chi connectivity index (χ1) is 9.74. The predicted octanol–water partition coefficient (Wildman–Crippen LogP) is 2.97. The number of methoxy groups -OCH3 is 1. The van der Waals surface area contributed by atoms with E-state index in [1.54, 1.807) is 7.11 Å². The molecule has 112 valence electrons. The molecular weight excluding hydrogens is 248 g/mol. The smallest absolute Gasteiger partial charge is 0.123 e. The summed E-state index contributed by atoms with van der Waals surface area (Å²) in [5, 5.41) is 3.50. The number of likely N-dealkylation sites (tertiary alicyclic amines) is 1. The number of ether oxygens (including phenoxy) is 1. The van der Waals surface area contributed by atoms with Gasteiger partial charge >= 0.3 is 0 Å². The lowest BCUT2D eigenvalue weighted by Gasteiger charge is -2.36. The van der Waals surface area contributed by atoms with E-state index in [2.05, 4.69) is 42.3 Å². The third-order valence-corrected chi connectivity index (χ3v) is 4.19. The van der Waals surface area contributed by atoms with E-state index >= 15 is 0 Å². The van der Waals surface area contributed by atoms with E-state index in [-0.39, 0.29) is 0 Å². The molecule has 1 fully saturated rings. The summed E-state index contributed by atoms with van der Waals surface area (Å²) in [7, 11) is 1.76. The maximum Gasteiger partial charge on any atom is 0.123 e. The van der Waals surface area contributed by atoms with Crippen LogP contribution in [0.4, 0.5) is 0 Å². The molecule has 1 aromatic carbocycles. The standard InChI is InChI=1S/C17H28N2O/c1-4-18-12-16-7-5-6-10-19(16)13-15-11-14(2)8-9-17(15)20-3/h8-9,11,16,18H,4-7,10,12-13H2,1-3H3. The lowest BCUT2D eigenvalue weighted by Crippen LogP contribution is -2.45. The number of benzene rings is 1. The Hall–Kier alpha value is -1.06. The van der Waals surface area contributed by atoms with Crippen molar-refractivity contribution in [2.45, 2.75) is 45.7 Å². The predicted molar refractivity (Wildman–Crippen MR) is 84.3 cm³/mol. The van der Waals surface area contributed by atoms with Gasteiger partial charge in [0.2, 0.25) is 0 Å². The number of hydrogen-bond donors (Lipinski definition) is 1. The molecule has 20 heavy (non-hydrogen) atoms. The molecule has 1 saturated heterocycles. The maximum atomic E-state index is 5.52. The Balaban J connectivity index is 2.07. The molecule has 0 aromatic heterocycles. The molecule has 1 heterocycles. The molecule has 1 unspecified atom stereocenters. The zero-order valence-corrected chi connectivity index (χ0v) is 13.1. The minimum absolute atomic E-state index is 0.661. The van der Waals surface area contributed by atoms with Crippen LogP contribution in [-0.2, 0) is 6.54 Å². The summed E-state index contributed by atoms with van der Waals surface area (Å²) in [5.41, 5.74) is 2.62. The van der Waals surface area contributed by atoms with Gasteiger partial charge in [-0.15, -0.1) is 0 Å². The van der Waals surface area contributed by atoms with Crippen molar-refractivity contribution < 1.29 is 4.74 Å². The highest BCUT2D eigenvalue weighted by Crippen LogP contribution is 2.25. The van der Waals surface area contributed by atoms with Gasteiger partial charge in [-0.25, -0.2) is 0 Å². The van der Waals surface area contributed by atoms with Gasteiger partial charge in [0.15, 0.2) is 0 Å². The number of nitrogens with one attached hydrogen (secondary N) is 1. The number of rotatable bonds is 6. The molecule has 1 aliphatic heterocycles. The van der Waals surface area contributed by atoms with Crippen molar-refractivity contribution in [3.63, 3.8) is 0 Å². The molecule has 0 aliphatic carbocycles. The third kappa shape index (κ3) is 3.97. The summed E-state index contributed by atoms with van der Waals surface area (Å²) < 4.78 is 5.52. The molecule has 1 N–H and O–H groups in total. The molecule has 3 nitrogen and oxygen atoms in total. The van der Waals surface area contributed by atoms with Crippen LogP contribution in [0.15, 0.2) is 18.2 Å². The fraction of sp³-hybridized carbons (Fsp3) is 0.647. The Morgan fingerprint density at radius 1 is 1.35 bits per heavy atom. The van der Waals surface area contributed by atoms with E-state index in [4.69, 9.17) is 4.74 Å². The Kier molecular flexibility index (Phi) is 5.86. The molecular formula is C17H28N2O. The highest BCUT2D eigenvalue weighted by molar-refractivity contribution is 5.36. The van der Waals surface area contributed by atoms with Gasteiger partial charge < -0.3 is 10.1 Å². The van der Waals surface area contributed by atoms with Gasteiger partial charge in [0, 0.05) is 24.7 Å². The van der Waals surface area contributed by atoms with Crippen molar-refractivity contribution in [3.05, 3.63) is 29.3 Å². The monoisotopic (exact) mass is 276 g/mol. The summed E-state index contributed by atoms with van der Waals surface area (Å²) >= 11 is 0. The van der Waals surface area contributed by atoms with Gasteiger partial charge in [-0.1, -0.05) is 31.0 Å². The van der Waals surface area contributed by atoms with Crippen LogP contribution < -0.4 is 10.1 Å². The van der Waals surface area contributed by atoms with Crippen LogP contribution in [-0.4, -0.2) is 37.7 Å². The molecule has 1 atom stereocenters. The molecule has 0 bridgehead atoms. The van der Waals surface area contributed by atoms with Crippen LogP contribution in [0, 0.1) is 6.92 Å². The number of piperidine rings is 1. The highest BCUT2D eigenvalue weighted by Gasteiger charge is 2.22. The van der Waals surface area contributed by atoms with Gasteiger partial charge in [-0.05, 0) is 38.9 Å². The van der Waals surface area contributed by atoms with E-state index in [9.17, 15) is 0 Å². The zero-order valence-electron chi connectivity index (χ0n) is 13.1. The molecule has 0 amide bonds. The van der Waals surface area contributed by atoms with E-state index in [1.807, 2.05) is 0 Å². The topological polar surface area (TPSA) is 24.5 Å². The van der Waals surface area contributed by atoms with E-state index in [1.165, 1.54) is 36.9 Å². The van der Waals surface area contributed by atoms with Gasteiger partial charge in [-0.3, -0.25) is 4.90 Å². The summed E-state index contributed by atoms with van der Waals surface area (Å²) in [6, 6.07) is 7.13. The van der Waals surface area contributed by atoms with Gasteiger partial charge in [-0.2, -0.15) is 0 Å². The number of nitrogens with zero attached hydrogens (tertiary/aromatic N) is 1. The van der Waals surface area contributed by atoms with Crippen molar-refractivity contribution >= 4 is 0 Å². The van der Waals surface area contributed by atoms with E-state index < -0.39 is 0 Å². The SMILES string of the molecule is CCNCC1CCCCN1Cc1cc(C)ccc1OC. The normalized spacial score (nSPS) is 20.1. The van der Waals surface area contributed by atoms with Crippen LogP contribution >= 0.6 is 0 Å². The second-order valence-corrected chi connectivity index (χ2v) is 5.74. The van der Waals surface area contributed by atoms with E-state index in [0.717, 1.165) is 25.4 Å². The first-order valence-corrected chi connectivity index (χ1v) is 7.83. The van der Waals surface area contributed by atoms with Crippen molar-refractivity contribution in [2.75, 3.05) is 26.7 Å². The molecule has 2 rings (SSSR count). The lowest BCUT2D eigenvalue weighted by atomic mass is 10.0. The van der Waals surface area contributed by atoms with Crippen molar-refractivity contribution in [1.82, 2.24) is 10.2 Å². The molecule has 3 heteroatoms. The largest absolute Gasteiger partial charge is 0.496 e. The summed E-state index contributed by atoms with van der Waals surface area (Å²) in [6.07, 6.45) is 3.98. The lowest BCUT2D eigenvalue weighted by molar-refractivity contribution is 0.136. The average Bonchev–Trinajstić information content (AvgIpc) is 2.47. The number of aryl methyl sites for hydroxylation is 1. The molecule has 0 spiro atoms. The Bertz CT molecular complexity index is 419. The summed E-state index contributed by atoms with van der Waals surface area (Å²) in [4.78, 5) is 2.61. The zero-order chi connectivity index (χ0) is 14.4. The molecule has 0 saturated carbocycles. The number of hydrogen-bond acceptors (Lipinski definition) is 3.